The van der Waals surface area contributed by atoms with E-state index >= 15 is 0 Å². The first-order chi connectivity index (χ1) is 33.6. The van der Waals surface area contributed by atoms with Gasteiger partial charge in [-0.2, -0.15) is 0 Å². The number of aryl methyl sites for hydroxylation is 3. The first-order valence-corrected chi connectivity index (χ1v) is 19.5. The molecule has 0 aliphatic carbocycles. The van der Waals surface area contributed by atoms with E-state index in [1.807, 2.05) is 91.0 Å². The predicted molar refractivity (Wildman–Crippen MR) is 246 cm³/mol. The number of aromatic nitrogens is 6. The van der Waals surface area contributed by atoms with Crippen LogP contribution in [0.15, 0.2) is 168 Å². The Balaban J connectivity index is 0.000000199. The van der Waals surface area contributed by atoms with Gasteiger partial charge in [0.25, 0.3) is 0 Å². The van der Waals surface area contributed by atoms with Gasteiger partial charge in [0.2, 0.25) is 0 Å². The summed E-state index contributed by atoms with van der Waals surface area (Å²) in [6.45, 7) is -7.47. The number of nitrogens with zero attached hydrogens (tertiary/aromatic N) is 6. The van der Waals surface area contributed by atoms with Crippen molar-refractivity contribution in [3.8, 4) is 45.4 Å². The third kappa shape index (κ3) is 6.80. The molecule has 5 aromatic heterocycles. The van der Waals surface area contributed by atoms with Gasteiger partial charge in [0.05, 0.1) is 22.2 Å². The molecule has 0 atom stereocenters. The smallest absolute Gasteiger partial charge is 0.164 e. The van der Waals surface area contributed by atoms with Crippen LogP contribution in [0.1, 0.15) is 29.0 Å². The first kappa shape index (κ1) is 29.8. The summed E-state index contributed by atoms with van der Waals surface area (Å²) in [5, 5.41) is 5.24. The number of hydrogen-bond acceptors (Lipinski definition) is 6. The monoisotopic (exact) mass is 986 g/mol. The third-order valence-electron chi connectivity index (χ3n) is 10.7. The summed E-state index contributed by atoms with van der Waals surface area (Å²) < 4.78 is 75.9. The van der Waals surface area contributed by atoms with Crippen molar-refractivity contribution in [3.63, 3.8) is 0 Å². The van der Waals surface area contributed by atoms with Gasteiger partial charge in [-0.15, -0.1) is 65.0 Å². The van der Waals surface area contributed by atoms with Crippen molar-refractivity contribution in [1.29, 1.82) is 0 Å². The molecular formula is C54H36IrN6O-2. The van der Waals surface area contributed by atoms with Crippen LogP contribution in [0, 0.1) is 32.7 Å². The average molecular weight is 986 g/mol. The molecule has 62 heavy (non-hydrogen) atoms. The van der Waals surface area contributed by atoms with Gasteiger partial charge in [-0.1, -0.05) is 115 Å². The normalized spacial score (nSPS) is 14.1. The van der Waals surface area contributed by atoms with Crippen molar-refractivity contribution in [2.75, 3.05) is 0 Å². The van der Waals surface area contributed by atoms with Crippen LogP contribution < -0.4 is 0 Å². The summed E-state index contributed by atoms with van der Waals surface area (Å²) in [5.41, 5.74) is 8.17. The molecule has 0 amide bonds. The molecule has 0 N–H and O–H groups in total. The van der Waals surface area contributed by atoms with E-state index in [1.54, 1.807) is 0 Å². The maximum absolute atomic E-state index is 7.54. The van der Waals surface area contributed by atoms with Crippen LogP contribution >= 0.6 is 0 Å². The van der Waals surface area contributed by atoms with Gasteiger partial charge in [0.15, 0.2) is 23.1 Å². The molecule has 12 aromatic rings. The largest absolute Gasteiger partial charge is 0.454 e. The molecule has 7 aromatic carbocycles. The Morgan fingerprint density at radius 2 is 1.29 bits per heavy atom. The zero-order valence-electron chi connectivity index (χ0n) is 41.5. The minimum Gasteiger partial charge on any atom is -0.454 e. The number of fused-ring (bicyclic) bond motifs is 12. The minimum atomic E-state index is -2.61. The fraction of sp³-hybridized carbons (Fsp3) is 0.0556. The second kappa shape index (κ2) is 15.9. The van der Waals surface area contributed by atoms with E-state index in [1.165, 1.54) is 24.3 Å². The van der Waals surface area contributed by atoms with Gasteiger partial charge in [-0.25, -0.2) is 15.0 Å². The van der Waals surface area contributed by atoms with Crippen LogP contribution in [0.5, 0.6) is 0 Å². The Kier molecular flexibility index (Phi) is 7.64. The van der Waals surface area contributed by atoms with Crippen LogP contribution in [0.25, 0.3) is 106 Å². The fourth-order valence-corrected chi connectivity index (χ4v) is 7.80. The molecule has 8 heteroatoms. The molecule has 0 aliphatic rings. The molecule has 7 nitrogen and oxygen atoms in total. The van der Waals surface area contributed by atoms with E-state index in [9.17, 15) is 0 Å². The number of rotatable bonds is 4. The van der Waals surface area contributed by atoms with E-state index in [-0.39, 0.29) is 42.5 Å². The molecule has 1 radical (unpaired) electrons. The maximum atomic E-state index is 7.54. The van der Waals surface area contributed by atoms with Crippen LogP contribution in [-0.2, 0) is 20.1 Å². The molecule has 0 bridgehead atoms. The van der Waals surface area contributed by atoms with E-state index in [2.05, 4.69) is 64.0 Å². The second-order valence-electron chi connectivity index (χ2n) is 14.5. The van der Waals surface area contributed by atoms with E-state index in [4.69, 9.17) is 36.7 Å². The van der Waals surface area contributed by atoms with Crippen LogP contribution in [0.4, 0.5) is 0 Å². The summed E-state index contributed by atoms with van der Waals surface area (Å²) in [4.78, 5) is 23.8. The zero-order chi connectivity index (χ0) is 48.5. The Bertz CT molecular complexity index is 3910. The van der Waals surface area contributed by atoms with Crippen molar-refractivity contribution in [1.82, 2.24) is 29.3 Å². The Morgan fingerprint density at radius 1 is 0.581 bits per heavy atom. The third-order valence-corrected chi connectivity index (χ3v) is 10.7. The molecule has 0 spiro atoms. The summed E-state index contributed by atoms with van der Waals surface area (Å²) in [7, 11) is 0. The van der Waals surface area contributed by atoms with Crippen LogP contribution in [-0.4, -0.2) is 29.3 Å². The Morgan fingerprint density at radius 3 is 2.02 bits per heavy atom. The first-order valence-electron chi connectivity index (χ1n) is 24.0. The minimum absolute atomic E-state index is 0. The standard InChI is InChI=1S/C40H22N5O.C14H14N.Ir/c1-3-11-24(12-4-1)37-42-38(25-13-5-2-6-14-25)44-39(43-37)26-19-20-28-30-22-21-29-27-15-7-8-16-31(27)40-41-32-17-9-10-18-33(32)45(40)35(29)36(30)46-34(28)23-26;1-10-4-6-13(7-5-10)14-8-11(2)12(3)9-15-14;/h1-15,17-23H;4-6,8-9H,1-3H3;/q2*-1;/i;1D3,2D3,3D3;. The van der Waals surface area contributed by atoms with Crippen molar-refractivity contribution in [2.24, 2.45) is 0 Å². The van der Waals surface area contributed by atoms with Crippen LogP contribution in [0.2, 0.25) is 0 Å². The molecule has 0 aliphatic heterocycles. The van der Waals surface area contributed by atoms with Gasteiger partial charge in [-0.3, -0.25) is 4.98 Å². The van der Waals surface area contributed by atoms with Crippen molar-refractivity contribution in [2.45, 2.75) is 20.6 Å². The number of furan rings is 1. The zero-order valence-corrected chi connectivity index (χ0v) is 34.9. The summed E-state index contributed by atoms with van der Waals surface area (Å²) in [5.74, 6) is 1.83. The molecule has 12 rings (SSSR count). The van der Waals surface area contributed by atoms with Gasteiger partial charge < -0.3 is 13.8 Å². The van der Waals surface area contributed by atoms with Crippen molar-refractivity contribution < 1.29 is 36.9 Å². The second-order valence-corrected chi connectivity index (χ2v) is 14.5. The quantitative estimate of drug-likeness (QED) is 0.129. The topological polar surface area (TPSA) is 82.0 Å². The molecule has 0 unspecified atom stereocenters. The van der Waals surface area contributed by atoms with Gasteiger partial charge in [0.1, 0.15) is 5.58 Å². The number of pyridine rings is 2. The number of benzene rings is 7. The van der Waals surface area contributed by atoms with Gasteiger partial charge >= 0.3 is 0 Å². The molecule has 5 heterocycles. The van der Waals surface area contributed by atoms with Crippen LogP contribution in [0.3, 0.4) is 0 Å². The fourth-order valence-electron chi connectivity index (χ4n) is 7.80. The van der Waals surface area contributed by atoms with E-state index < -0.39 is 20.6 Å². The summed E-state index contributed by atoms with van der Waals surface area (Å²) in [6.07, 6.45) is 1.02. The van der Waals surface area contributed by atoms with Gasteiger partial charge in [-0.05, 0) is 54.6 Å². The summed E-state index contributed by atoms with van der Waals surface area (Å²) >= 11 is 0. The number of para-hydroxylation sites is 2. The van der Waals surface area contributed by atoms with Gasteiger partial charge in [0, 0.05) is 66.1 Å². The number of hydrogen-bond donors (Lipinski definition) is 0. The van der Waals surface area contributed by atoms with Crippen molar-refractivity contribution >= 4 is 60.3 Å². The molecular weight excluding hydrogens is 941 g/mol. The average Bonchev–Trinajstić information content (AvgIpc) is 3.95. The predicted octanol–water partition coefficient (Wildman–Crippen LogP) is 13.2. The summed E-state index contributed by atoms with van der Waals surface area (Å²) in [6, 6.07) is 56.4. The Labute approximate surface area is 383 Å². The maximum Gasteiger partial charge on any atom is 0.164 e. The SMILES string of the molecule is [2H]C([2H])([2H])c1c[c-]c(-c2cc(C([2H])([2H])[2H])c(C([2H])([2H])[2H])cn2)cc1.[Ir].[c-]1cccc2c1c1nc3ccccc3n1c1c2ccc2c3ccc(-c4nc(-c5ccccc5)nc(-c5ccccc5)n4)cc3oc21. The Hall–Kier alpha value is -7.38. The molecule has 0 saturated heterocycles. The van der Waals surface area contributed by atoms with E-state index in [0.717, 1.165) is 83.2 Å². The molecule has 0 fully saturated rings. The van der Waals surface area contributed by atoms with E-state index in [0.29, 0.717) is 23.0 Å². The van der Waals surface area contributed by atoms with Crippen molar-refractivity contribution in [3.05, 3.63) is 193 Å². The molecule has 0 saturated carbocycles. The molecule has 299 valence electrons. The number of imidazole rings is 1.